The molecular weight excluding hydrogens is 232 g/mol. The quantitative estimate of drug-likeness (QED) is 0.815. The molecule has 18 heavy (non-hydrogen) atoms. The van der Waals surface area contributed by atoms with Crippen LogP contribution in [0, 0.1) is 13.8 Å². The highest BCUT2D eigenvalue weighted by Crippen LogP contribution is 2.31. The number of hydrogen-bond donors (Lipinski definition) is 1. The normalized spacial score (nSPS) is 11.4. The van der Waals surface area contributed by atoms with E-state index >= 15 is 0 Å². The molecule has 0 aliphatic carbocycles. The van der Waals surface area contributed by atoms with Gasteiger partial charge < -0.3 is 14.6 Å². The number of methoxy groups -OCH3 is 2. The van der Waals surface area contributed by atoms with Crippen molar-refractivity contribution < 1.29 is 19.4 Å². The number of benzene rings is 1. The van der Waals surface area contributed by atoms with Crippen molar-refractivity contribution >= 4 is 11.5 Å². The van der Waals surface area contributed by atoms with Crippen LogP contribution in [0.1, 0.15) is 16.7 Å². The van der Waals surface area contributed by atoms with Crippen LogP contribution in [0.25, 0.3) is 5.57 Å². The maximum atomic E-state index is 10.9. The van der Waals surface area contributed by atoms with Gasteiger partial charge in [0.2, 0.25) is 0 Å². The van der Waals surface area contributed by atoms with E-state index in [1.807, 2.05) is 26.0 Å². The molecule has 98 valence electrons. The summed E-state index contributed by atoms with van der Waals surface area (Å²) >= 11 is 0. The Morgan fingerprint density at radius 2 is 2.00 bits per heavy atom. The number of rotatable bonds is 5. The molecule has 0 aliphatic rings. The average Bonchev–Trinajstić information content (AvgIpc) is 2.27. The van der Waals surface area contributed by atoms with Crippen LogP contribution >= 0.6 is 0 Å². The molecule has 0 saturated heterocycles. The topological polar surface area (TPSA) is 55.8 Å². The van der Waals surface area contributed by atoms with Crippen LogP contribution in [0.3, 0.4) is 0 Å². The Labute approximate surface area is 107 Å². The molecule has 0 aromatic heterocycles. The van der Waals surface area contributed by atoms with E-state index in [0.29, 0.717) is 11.3 Å². The summed E-state index contributed by atoms with van der Waals surface area (Å²) in [4.78, 5) is 10.9. The summed E-state index contributed by atoms with van der Waals surface area (Å²) in [6.45, 7) is 4.12. The third-order valence-corrected chi connectivity index (χ3v) is 2.57. The van der Waals surface area contributed by atoms with Gasteiger partial charge in [-0.3, -0.25) is 0 Å². The lowest BCUT2D eigenvalue weighted by Gasteiger charge is -2.15. The van der Waals surface area contributed by atoms with Crippen LogP contribution in [0.2, 0.25) is 0 Å². The summed E-state index contributed by atoms with van der Waals surface area (Å²) in [5, 5.41) is 8.90. The molecule has 1 rings (SSSR count). The Morgan fingerprint density at radius 3 is 2.50 bits per heavy atom. The van der Waals surface area contributed by atoms with Crippen LogP contribution in [-0.4, -0.2) is 31.9 Å². The first-order chi connectivity index (χ1) is 8.49. The monoisotopic (exact) mass is 250 g/mol. The van der Waals surface area contributed by atoms with Crippen molar-refractivity contribution in [3.63, 3.8) is 0 Å². The minimum atomic E-state index is -0.997. The number of aryl methyl sites for hydroxylation is 2. The zero-order chi connectivity index (χ0) is 13.7. The highest BCUT2D eigenvalue weighted by molar-refractivity contribution is 5.91. The van der Waals surface area contributed by atoms with Crippen molar-refractivity contribution in [2.24, 2.45) is 0 Å². The number of carboxylic acid groups (broad SMARTS) is 1. The van der Waals surface area contributed by atoms with Crippen molar-refractivity contribution in [1.82, 2.24) is 0 Å². The Balaban J connectivity index is 3.39. The predicted molar refractivity (Wildman–Crippen MR) is 70.0 cm³/mol. The molecule has 0 saturated carbocycles. The molecule has 4 heteroatoms. The summed E-state index contributed by atoms with van der Waals surface area (Å²) in [5.74, 6) is -0.312. The fourth-order valence-electron chi connectivity index (χ4n) is 1.97. The zero-order valence-electron chi connectivity index (χ0n) is 11.1. The molecule has 0 unspecified atom stereocenters. The Hall–Kier alpha value is -1.81. The van der Waals surface area contributed by atoms with Gasteiger partial charge in [-0.1, -0.05) is 6.07 Å². The van der Waals surface area contributed by atoms with E-state index < -0.39 is 5.97 Å². The number of hydrogen-bond acceptors (Lipinski definition) is 3. The maximum absolute atomic E-state index is 10.9. The van der Waals surface area contributed by atoms with Crippen molar-refractivity contribution in [1.29, 1.82) is 0 Å². The lowest BCUT2D eigenvalue weighted by atomic mass is 9.99. The smallest absolute Gasteiger partial charge is 0.328 e. The first kappa shape index (κ1) is 14.3. The second-order valence-electron chi connectivity index (χ2n) is 4.10. The summed E-state index contributed by atoms with van der Waals surface area (Å²) in [7, 11) is 3.11. The Bertz CT molecular complexity index is 475. The first-order valence-electron chi connectivity index (χ1n) is 5.57. The van der Waals surface area contributed by atoms with Crippen LogP contribution in [0.5, 0.6) is 5.75 Å². The lowest BCUT2D eigenvalue weighted by Crippen LogP contribution is -2.02. The van der Waals surface area contributed by atoms with Crippen LogP contribution in [0.4, 0.5) is 0 Å². The molecule has 0 amide bonds. The van der Waals surface area contributed by atoms with Crippen LogP contribution in [0.15, 0.2) is 18.2 Å². The fraction of sp³-hybridized carbons (Fsp3) is 0.357. The van der Waals surface area contributed by atoms with Crippen molar-refractivity contribution in [3.8, 4) is 5.75 Å². The number of aliphatic carboxylic acids is 1. The van der Waals surface area contributed by atoms with Gasteiger partial charge >= 0.3 is 5.97 Å². The SMILES string of the molecule is COC/C(=C\C(=O)O)c1cc(C)cc(C)c1OC. The molecule has 1 aromatic rings. The van der Waals surface area contributed by atoms with Gasteiger partial charge in [-0.05, 0) is 36.6 Å². The largest absolute Gasteiger partial charge is 0.496 e. The number of carboxylic acids is 1. The molecule has 0 radical (unpaired) electrons. The fourth-order valence-corrected chi connectivity index (χ4v) is 1.97. The summed E-state index contributed by atoms with van der Waals surface area (Å²) < 4.78 is 10.4. The van der Waals surface area contributed by atoms with Gasteiger partial charge in [0, 0.05) is 18.7 Å². The molecule has 1 aromatic carbocycles. The molecule has 0 spiro atoms. The average molecular weight is 250 g/mol. The van der Waals surface area contributed by atoms with Gasteiger partial charge in [0.05, 0.1) is 13.7 Å². The van der Waals surface area contributed by atoms with E-state index in [4.69, 9.17) is 14.6 Å². The first-order valence-corrected chi connectivity index (χ1v) is 5.57. The number of ether oxygens (including phenoxy) is 2. The minimum Gasteiger partial charge on any atom is -0.496 e. The standard InChI is InChI=1S/C14H18O4/c1-9-5-10(2)14(18-4)12(6-9)11(8-17-3)7-13(15)16/h5-7H,8H2,1-4H3,(H,15,16)/b11-7+. The Morgan fingerprint density at radius 1 is 1.33 bits per heavy atom. The van der Waals surface area contributed by atoms with Crippen LogP contribution in [-0.2, 0) is 9.53 Å². The van der Waals surface area contributed by atoms with E-state index in [2.05, 4.69) is 0 Å². The second kappa shape index (κ2) is 6.21. The predicted octanol–water partition coefficient (Wildman–Crippen LogP) is 2.43. The molecular formula is C14H18O4. The van der Waals surface area contributed by atoms with E-state index in [1.165, 1.54) is 7.11 Å². The third kappa shape index (κ3) is 3.34. The lowest BCUT2D eigenvalue weighted by molar-refractivity contribution is -0.131. The third-order valence-electron chi connectivity index (χ3n) is 2.57. The molecule has 0 aliphatic heterocycles. The highest BCUT2D eigenvalue weighted by atomic mass is 16.5. The number of carbonyl (C=O) groups is 1. The van der Waals surface area contributed by atoms with Gasteiger partial charge in [0.1, 0.15) is 5.75 Å². The molecule has 0 heterocycles. The highest BCUT2D eigenvalue weighted by Gasteiger charge is 2.13. The van der Waals surface area contributed by atoms with Gasteiger partial charge in [-0.25, -0.2) is 4.79 Å². The maximum Gasteiger partial charge on any atom is 0.328 e. The summed E-state index contributed by atoms with van der Waals surface area (Å²) in [6.07, 6.45) is 1.15. The molecule has 1 N–H and O–H groups in total. The Kier molecular flexibility index (Phi) is 4.92. The van der Waals surface area contributed by atoms with E-state index in [0.717, 1.165) is 22.8 Å². The van der Waals surface area contributed by atoms with Gasteiger partial charge in [0.25, 0.3) is 0 Å². The van der Waals surface area contributed by atoms with Gasteiger partial charge in [-0.2, -0.15) is 0 Å². The summed E-state index contributed by atoms with van der Waals surface area (Å²) in [6, 6.07) is 3.90. The molecule has 0 atom stereocenters. The van der Waals surface area contributed by atoms with Crippen molar-refractivity contribution in [2.45, 2.75) is 13.8 Å². The van der Waals surface area contributed by atoms with Crippen molar-refractivity contribution in [2.75, 3.05) is 20.8 Å². The summed E-state index contributed by atoms with van der Waals surface area (Å²) in [5.41, 5.74) is 3.38. The second-order valence-corrected chi connectivity index (χ2v) is 4.10. The van der Waals surface area contributed by atoms with E-state index in [1.54, 1.807) is 7.11 Å². The molecule has 0 bridgehead atoms. The van der Waals surface area contributed by atoms with E-state index in [-0.39, 0.29) is 6.61 Å². The van der Waals surface area contributed by atoms with Crippen molar-refractivity contribution in [3.05, 3.63) is 34.9 Å². The van der Waals surface area contributed by atoms with E-state index in [9.17, 15) is 4.79 Å². The minimum absolute atomic E-state index is 0.228. The van der Waals surface area contributed by atoms with Gasteiger partial charge in [0.15, 0.2) is 0 Å². The molecule has 0 fully saturated rings. The van der Waals surface area contributed by atoms with Gasteiger partial charge in [-0.15, -0.1) is 0 Å². The molecule has 4 nitrogen and oxygen atoms in total. The van der Waals surface area contributed by atoms with Crippen LogP contribution < -0.4 is 4.74 Å². The zero-order valence-corrected chi connectivity index (χ0v) is 11.1.